The summed E-state index contributed by atoms with van der Waals surface area (Å²) in [4.78, 5) is 13.0. The Kier molecular flexibility index (Phi) is 2.78. The molecule has 2 aliphatic heterocycles. The summed E-state index contributed by atoms with van der Waals surface area (Å²) in [5.74, 6) is 0. The van der Waals surface area contributed by atoms with Crippen molar-refractivity contribution >= 4 is 22.5 Å². The molecule has 0 saturated carbocycles. The van der Waals surface area contributed by atoms with Gasteiger partial charge < -0.3 is 14.7 Å². The minimum atomic E-state index is -0.171. The summed E-state index contributed by atoms with van der Waals surface area (Å²) in [6, 6.07) is 0.244. The second-order valence-corrected chi connectivity index (χ2v) is 5.41. The third kappa shape index (κ3) is 1.93. The number of aliphatic hydroxyl groups is 1. The van der Waals surface area contributed by atoms with Gasteiger partial charge in [-0.05, 0) is 19.8 Å². The van der Waals surface area contributed by atoms with Crippen LogP contribution in [-0.4, -0.2) is 45.6 Å². The zero-order valence-electron chi connectivity index (χ0n) is 8.14. The fourth-order valence-corrected chi connectivity index (χ4v) is 3.18. The van der Waals surface area contributed by atoms with Gasteiger partial charge in [0.15, 0.2) is 0 Å². The van der Waals surface area contributed by atoms with Crippen molar-refractivity contribution in [2.75, 3.05) is 13.2 Å². The quantitative estimate of drug-likeness (QED) is 0.511. The summed E-state index contributed by atoms with van der Waals surface area (Å²) in [5.41, 5.74) is 0. The molecule has 0 radical (unpaired) electrons. The van der Waals surface area contributed by atoms with E-state index < -0.39 is 0 Å². The summed E-state index contributed by atoms with van der Waals surface area (Å²) >= 11 is 1.01. The number of thiol groups is 1. The lowest BCUT2D eigenvalue weighted by atomic mass is 10.0. The fourth-order valence-electron chi connectivity index (χ4n) is 2.06. The largest absolute Gasteiger partial charge is 0.447 e. The Morgan fingerprint density at radius 3 is 3.21 bits per heavy atom. The van der Waals surface area contributed by atoms with E-state index in [9.17, 15) is 9.90 Å². The van der Waals surface area contributed by atoms with E-state index in [-0.39, 0.29) is 12.1 Å². The first-order valence-corrected chi connectivity index (χ1v) is 5.80. The number of hydrogen-bond acceptors (Lipinski definition) is 2. The van der Waals surface area contributed by atoms with E-state index in [1.165, 1.54) is 0 Å². The molecule has 2 rings (SSSR count). The Morgan fingerprint density at radius 1 is 1.71 bits per heavy atom. The van der Waals surface area contributed by atoms with Gasteiger partial charge in [0.1, 0.15) is 6.61 Å². The SMILES string of the molecule is CC(O)=[SH][C@H]1CCN2C(=O)OC[C@@H]2C1. The van der Waals surface area contributed by atoms with E-state index in [0.717, 1.165) is 30.7 Å². The van der Waals surface area contributed by atoms with Crippen LogP contribution in [0.25, 0.3) is 0 Å². The van der Waals surface area contributed by atoms with Crippen molar-refractivity contribution in [1.82, 2.24) is 4.90 Å². The number of carbonyl (C=O) groups is 1. The molecule has 1 N–H and O–H groups in total. The average molecular weight is 217 g/mol. The Labute approximate surface area is 86.8 Å². The maximum Gasteiger partial charge on any atom is 0.410 e. The van der Waals surface area contributed by atoms with Crippen molar-refractivity contribution in [2.24, 2.45) is 0 Å². The van der Waals surface area contributed by atoms with E-state index in [1.54, 1.807) is 11.8 Å². The van der Waals surface area contributed by atoms with Crippen molar-refractivity contribution in [3.63, 3.8) is 0 Å². The van der Waals surface area contributed by atoms with Crippen LogP contribution < -0.4 is 0 Å². The lowest BCUT2D eigenvalue weighted by Gasteiger charge is -2.30. The molecular weight excluding hydrogens is 202 g/mol. The first-order chi connectivity index (χ1) is 6.66. The molecule has 14 heavy (non-hydrogen) atoms. The molecule has 2 saturated heterocycles. The molecule has 5 heteroatoms. The van der Waals surface area contributed by atoms with Crippen molar-refractivity contribution in [2.45, 2.75) is 31.1 Å². The molecule has 0 bridgehead atoms. The van der Waals surface area contributed by atoms with Gasteiger partial charge in [0.25, 0.3) is 0 Å². The number of piperidine rings is 1. The number of nitrogens with zero attached hydrogens (tertiary/aromatic N) is 1. The van der Waals surface area contributed by atoms with E-state index in [2.05, 4.69) is 0 Å². The molecule has 0 aromatic carbocycles. The second-order valence-electron chi connectivity index (χ2n) is 3.78. The molecule has 2 fully saturated rings. The summed E-state index contributed by atoms with van der Waals surface area (Å²) < 4.78 is 4.97. The number of hydrogen-bond donors (Lipinski definition) is 2. The molecule has 1 amide bonds. The number of carbonyl (C=O) groups excluding carboxylic acids is 1. The summed E-state index contributed by atoms with van der Waals surface area (Å²) in [6.07, 6.45) is 1.74. The van der Waals surface area contributed by atoms with Crippen LogP contribution in [0.15, 0.2) is 0 Å². The number of rotatable bonds is 1. The van der Waals surface area contributed by atoms with Crippen LogP contribution in [0.1, 0.15) is 19.8 Å². The summed E-state index contributed by atoms with van der Waals surface area (Å²) in [6.45, 7) is 3.02. The van der Waals surface area contributed by atoms with E-state index in [1.807, 2.05) is 0 Å². The van der Waals surface area contributed by atoms with Gasteiger partial charge in [0.2, 0.25) is 0 Å². The van der Waals surface area contributed by atoms with Crippen LogP contribution in [0.3, 0.4) is 0 Å². The fraction of sp³-hybridized carbons (Fsp3) is 0.778. The van der Waals surface area contributed by atoms with Crippen LogP contribution in [0.5, 0.6) is 0 Å². The topological polar surface area (TPSA) is 49.8 Å². The summed E-state index contributed by atoms with van der Waals surface area (Å²) in [7, 11) is 0. The number of fused-ring (bicyclic) bond motifs is 1. The molecule has 2 atom stereocenters. The molecule has 0 spiro atoms. The van der Waals surface area contributed by atoms with Gasteiger partial charge in [0.05, 0.1) is 11.1 Å². The van der Waals surface area contributed by atoms with Crippen molar-refractivity contribution in [3.05, 3.63) is 0 Å². The number of amides is 1. The molecular formula is C9H15NO3S. The maximum absolute atomic E-state index is 11.2. The minimum Gasteiger partial charge on any atom is -0.447 e. The normalized spacial score (nSPS) is 33.4. The van der Waals surface area contributed by atoms with E-state index >= 15 is 0 Å². The zero-order chi connectivity index (χ0) is 10.1. The number of ether oxygens (including phenoxy) is 1. The Morgan fingerprint density at radius 2 is 2.50 bits per heavy atom. The molecule has 80 valence electrons. The van der Waals surface area contributed by atoms with Gasteiger partial charge >= 0.3 is 6.09 Å². The van der Waals surface area contributed by atoms with Gasteiger partial charge in [-0.1, -0.05) is 0 Å². The average Bonchev–Trinajstić information content (AvgIpc) is 2.46. The highest BCUT2D eigenvalue weighted by Gasteiger charge is 2.37. The Balaban J connectivity index is 1.99. The van der Waals surface area contributed by atoms with Crippen molar-refractivity contribution < 1.29 is 14.6 Å². The van der Waals surface area contributed by atoms with Crippen LogP contribution in [0.2, 0.25) is 0 Å². The number of aliphatic hydroxyl groups excluding tert-OH is 1. The molecule has 0 aliphatic carbocycles. The first kappa shape index (κ1) is 9.98. The highest BCUT2D eigenvalue weighted by atomic mass is 32.1. The highest BCUT2D eigenvalue weighted by Crippen LogP contribution is 2.28. The third-order valence-electron chi connectivity index (χ3n) is 2.69. The molecule has 2 aliphatic rings. The van der Waals surface area contributed by atoms with Crippen LogP contribution in [0, 0.1) is 0 Å². The second kappa shape index (κ2) is 3.90. The first-order valence-electron chi connectivity index (χ1n) is 4.83. The van der Waals surface area contributed by atoms with Crippen LogP contribution in [-0.2, 0) is 4.74 Å². The summed E-state index contributed by atoms with van der Waals surface area (Å²) in [5, 5.41) is 10.1. The van der Waals surface area contributed by atoms with Gasteiger partial charge in [-0.3, -0.25) is 0 Å². The predicted molar refractivity (Wildman–Crippen MR) is 57.2 cm³/mol. The highest BCUT2D eigenvalue weighted by molar-refractivity contribution is 7.99. The molecule has 0 aromatic rings. The van der Waals surface area contributed by atoms with Crippen molar-refractivity contribution in [1.29, 1.82) is 0 Å². The predicted octanol–water partition coefficient (Wildman–Crippen LogP) is 1.14. The van der Waals surface area contributed by atoms with E-state index in [0.29, 0.717) is 16.9 Å². The van der Waals surface area contributed by atoms with E-state index in [4.69, 9.17) is 4.74 Å². The van der Waals surface area contributed by atoms with Crippen molar-refractivity contribution in [3.8, 4) is 0 Å². The Hall–Kier alpha value is -0.550. The third-order valence-corrected chi connectivity index (χ3v) is 3.90. The molecule has 2 heterocycles. The van der Waals surface area contributed by atoms with Gasteiger partial charge in [-0.2, -0.15) is 11.4 Å². The van der Waals surface area contributed by atoms with Gasteiger partial charge in [-0.15, -0.1) is 0 Å². The zero-order valence-corrected chi connectivity index (χ0v) is 9.04. The maximum atomic E-state index is 11.2. The monoisotopic (exact) mass is 217 g/mol. The molecule has 0 aromatic heterocycles. The van der Waals surface area contributed by atoms with Crippen LogP contribution in [0.4, 0.5) is 4.79 Å². The standard InChI is InChI=1S/C9H15NO3S/c1-6(11)14-8-2-3-10-7(4-8)5-13-9(10)12/h7-8,11,14H,2-5H2,1H3/t7-,8-/m0/s1. The van der Waals surface area contributed by atoms with Gasteiger partial charge in [0, 0.05) is 11.8 Å². The lowest BCUT2D eigenvalue weighted by molar-refractivity contribution is 0.154. The lowest BCUT2D eigenvalue weighted by Crippen LogP contribution is -2.41. The van der Waals surface area contributed by atoms with Gasteiger partial charge in [-0.25, -0.2) is 4.79 Å². The smallest absolute Gasteiger partial charge is 0.410 e. The Bertz CT molecular complexity index is 275. The number of cyclic esters (lactones) is 1. The van der Waals surface area contributed by atoms with Crippen LogP contribution >= 0.6 is 11.4 Å². The minimum absolute atomic E-state index is 0.171. The molecule has 4 nitrogen and oxygen atoms in total. The molecule has 0 unspecified atom stereocenters.